The molecule has 6 nitrogen and oxygen atoms in total. The Hall–Kier alpha value is -4.32. The van der Waals surface area contributed by atoms with Gasteiger partial charge in [0.15, 0.2) is 0 Å². The smallest absolute Gasteiger partial charge is 0.259 e. The number of para-hydroxylation sites is 1. The van der Waals surface area contributed by atoms with Crippen LogP contribution in [-0.2, 0) is 23.7 Å². The van der Waals surface area contributed by atoms with Crippen molar-refractivity contribution in [3.05, 3.63) is 84.4 Å². The Labute approximate surface area is 183 Å². The molecule has 4 heterocycles. The minimum absolute atomic E-state index is 0.370. The number of carbonyl (C=O) groups excluding carboxylic acids is 2. The van der Waals surface area contributed by atoms with Crippen LogP contribution in [0.25, 0.3) is 44.3 Å². The first-order chi connectivity index (χ1) is 15.5. The van der Waals surface area contributed by atoms with Gasteiger partial charge in [0.05, 0.1) is 17.4 Å². The van der Waals surface area contributed by atoms with Gasteiger partial charge in [0.2, 0.25) is 0 Å². The van der Waals surface area contributed by atoms with Crippen LogP contribution in [-0.4, -0.2) is 20.9 Å². The summed E-state index contributed by atoms with van der Waals surface area (Å²) in [5, 5.41) is 4.35. The number of nitrogens with one attached hydrogen (secondary N) is 1. The minimum Gasteiger partial charge on any atom is -0.464 e. The van der Waals surface area contributed by atoms with Gasteiger partial charge in [-0.05, 0) is 24.3 Å². The highest BCUT2D eigenvalue weighted by Crippen LogP contribution is 2.39. The molecule has 156 valence electrons. The fraction of sp³-hybridized carbons (Fsp3) is 0.0769. The summed E-state index contributed by atoms with van der Waals surface area (Å²) in [6.07, 6.45) is 5.47. The Morgan fingerprint density at radius 2 is 1.41 bits per heavy atom. The molecular weight excluding hydrogens is 402 g/mol. The molecule has 3 aromatic heterocycles. The fourth-order valence-corrected chi connectivity index (χ4v) is 4.69. The summed E-state index contributed by atoms with van der Waals surface area (Å²) < 4.78 is 9.48. The van der Waals surface area contributed by atoms with Crippen LogP contribution in [0.3, 0.4) is 0 Å². The summed E-state index contributed by atoms with van der Waals surface area (Å²) in [5.74, 6) is 0.0326. The van der Waals surface area contributed by atoms with E-state index in [2.05, 4.69) is 5.32 Å². The van der Waals surface area contributed by atoms with Crippen LogP contribution in [0.1, 0.15) is 11.1 Å². The van der Waals surface area contributed by atoms with Crippen molar-refractivity contribution >= 4 is 44.8 Å². The molecule has 0 atom stereocenters. The third kappa shape index (κ3) is 2.53. The summed E-state index contributed by atoms with van der Waals surface area (Å²) in [4.78, 5) is 26.0. The largest absolute Gasteiger partial charge is 0.464 e. The summed E-state index contributed by atoms with van der Waals surface area (Å²) >= 11 is 0. The van der Waals surface area contributed by atoms with Crippen LogP contribution < -0.4 is 5.32 Å². The van der Waals surface area contributed by atoms with Crippen LogP contribution in [0.5, 0.6) is 0 Å². The number of hydrogen-bond donors (Lipinski definition) is 1. The SMILES string of the molecule is Cn1cc(C2=C(c3cn(C)c4cc(-c5ccco5)ccc34)C(=O)NC2=O)c2ccccc21. The molecule has 32 heavy (non-hydrogen) atoms. The highest BCUT2D eigenvalue weighted by molar-refractivity contribution is 6.50. The molecule has 2 amide bonds. The molecule has 6 heteroatoms. The third-order valence-electron chi connectivity index (χ3n) is 6.16. The molecule has 5 aromatic rings. The van der Waals surface area contributed by atoms with E-state index >= 15 is 0 Å². The number of carbonyl (C=O) groups is 2. The van der Waals surface area contributed by atoms with E-state index < -0.39 is 0 Å². The fourth-order valence-electron chi connectivity index (χ4n) is 4.69. The first-order valence-corrected chi connectivity index (χ1v) is 10.3. The van der Waals surface area contributed by atoms with Crippen molar-refractivity contribution in [2.45, 2.75) is 0 Å². The maximum absolute atomic E-state index is 13.0. The van der Waals surface area contributed by atoms with E-state index in [1.54, 1.807) is 6.26 Å². The van der Waals surface area contributed by atoms with Crippen molar-refractivity contribution in [3.63, 3.8) is 0 Å². The molecule has 6 rings (SSSR count). The number of furan rings is 1. The van der Waals surface area contributed by atoms with Crippen LogP contribution in [0.15, 0.2) is 77.7 Å². The lowest BCUT2D eigenvalue weighted by Crippen LogP contribution is -2.22. The van der Waals surface area contributed by atoms with E-state index in [1.165, 1.54) is 0 Å². The molecule has 0 spiro atoms. The lowest BCUT2D eigenvalue weighted by Gasteiger charge is -2.04. The second-order valence-electron chi connectivity index (χ2n) is 8.07. The molecule has 0 aliphatic carbocycles. The van der Waals surface area contributed by atoms with Gasteiger partial charge in [-0.25, -0.2) is 0 Å². The maximum atomic E-state index is 13.0. The van der Waals surface area contributed by atoms with Crippen LogP contribution in [0.4, 0.5) is 0 Å². The average molecular weight is 421 g/mol. The molecule has 0 unspecified atom stereocenters. The number of hydrogen-bond acceptors (Lipinski definition) is 3. The predicted octanol–water partition coefficient (Wildman–Crippen LogP) is 4.50. The quantitative estimate of drug-likeness (QED) is 0.436. The first kappa shape index (κ1) is 18.4. The second-order valence-corrected chi connectivity index (χ2v) is 8.07. The van der Waals surface area contributed by atoms with Gasteiger partial charge in [-0.15, -0.1) is 0 Å². The lowest BCUT2D eigenvalue weighted by atomic mass is 9.95. The van der Waals surface area contributed by atoms with Gasteiger partial charge < -0.3 is 13.6 Å². The Bertz CT molecular complexity index is 1600. The summed E-state index contributed by atoms with van der Waals surface area (Å²) in [5.41, 5.74) is 5.21. The van der Waals surface area contributed by atoms with E-state index in [1.807, 2.05) is 90.2 Å². The Morgan fingerprint density at radius 3 is 2.09 bits per heavy atom. The minimum atomic E-state index is -0.374. The lowest BCUT2D eigenvalue weighted by molar-refractivity contribution is -0.122. The Balaban J connectivity index is 1.62. The van der Waals surface area contributed by atoms with Gasteiger partial charge in [-0.1, -0.05) is 30.3 Å². The van der Waals surface area contributed by atoms with Gasteiger partial charge in [-0.3, -0.25) is 14.9 Å². The molecule has 1 N–H and O–H groups in total. The van der Waals surface area contributed by atoms with Gasteiger partial charge in [0.1, 0.15) is 5.76 Å². The number of aryl methyl sites for hydroxylation is 2. The topological polar surface area (TPSA) is 69.2 Å². The molecule has 0 saturated heterocycles. The molecular formula is C26H19N3O3. The molecule has 1 aliphatic rings. The van der Waals surface area contributed by atoms with E-state index in [-0.39, 0.29) is 11.8 Å². The normalized spacial score (nSPS) is 14.2. The highest BCUT2D eigenvalue weighted by Gasteiger charge is 2.35. The van der Waals surface area contributed by atoms with Crippen molar-refractivity contribution < 1.29 is 14.0 Å². The van der Waals surface area contributed by atoms with Gasteiger partial charge in [0, 0.05) is 65.0 Å². The van der Waals surface area contributed by atoms with Crippen molar-refractivity contribution in [2.75, 3.05) is 0 Å². The van der Waals surface area contributed by atoms with E-state index in [4.69, 9.17) is 4.42 Å². The Morgan fingerprint density at radius 1 is 0.750 bits per heavy atom. The third-order valence-corrected chi connectivity index (χ3v) is 6.16. The van der Waals surface area contributed by atoms with Crippen molar-refractivity contribution in [1.82, 2.24) is 14.5 Å². The van der Waals surface area contributed by atoms with Gasteiger partial charge in [0.25, 0.3) is 11.8 Å². The van der Waals surface area contributed by atoms with Crippen LogP contribution in [0, 0.1) is 0 Å². The number of imide groups is 1. The standard InChI is InChI=1S/C26H19N3O3/c1-28-13-18(16-6-3-4-7-20(16)28)23-24(26(31)27-25(23)30)19-14-29(2)21-12-15(9-10-17(19)21)22-8-5-11-32-22/h3-14H,1-2H3,(H,27,30,31). The van der Waals surface area contributed by atoms with Crippen molar-refractivity contribution in [1.29, 1.82) is 0 Å². The summed E-state index contributed by atoms with van der Waals surface area (Å²) in [6.45, 7) is 0. The zero-order chi connectivity index (χ0) is 22.0. The zero-order valence-corrected chi connectivity index (χ0v) is 17.5. The molecule has 1 aliphatic heterocycles. The maximum Gasteiger partial charge on any atom is 0.259 e. The van der Waals surface area contributed by atoms with E-state index in [9.17, 15) is 9.59 Å². The monoisotopic (exact) mass is 421 g/mol. The van der Waals surface area contributed by atoms with E-state index in [0.717, 1.165) is 44.3 Å². The Kier molecular flexibility index (Phi) is 3.80. The predicted molar refractivity (Wildman–Crippen MR) is 124 cm³/mol. The number of nitrogens with zero attached hydrogens (tertiary/aromatic N) is 2. The van der Waals surface area contributed by atoms with E-state index in [0.29, 0.717) is 11.1 Å². The highest BCUT2D eigenvalue weighted by atomic mass is 16.3. The van der Waals surface area contributed by atoms with Crippen LogP contribution in [0.2, 0.25) is 0 Å². The summed E-state index contributed by atoms with van der Waals surface area (Å²) in [7, 11) is 3.87. The average Bonchev–Trinajstić information content (AvgIpc) is 3.55. The number of aromatic nitrogens is 2. The van der Waals surface area contributed by atoms with Crippen molar-refractivity contribution in [2.24, 2.45) is 14.1 Å². The number of amides is 2. The van der Waals surface area contributed by atoms with Crippen molar-refractivity contribution in [3.8, 4) is 11.3 Å². The molecule has 2 aromatic carbocycles. The number of rotatable bonds is 3. The number of fused-ring (bicyclic) bond motifs is 2. The summed E-state index contributed by atoms with van der Waals surface area (Å²) in [6, 6.07) is 17.6. The van der Waals surface area contributed by atoms with Gasteiger partial charge >= 0.3 is 0 Å². The first-order valence-electron chi connectivity index (χ1n) is 10.3. The molecule has 0 bridgehead atoms. The zero-order valence-electron chi connectivity index (χ0n) is 17.5. The number of benzene rings is 2. The van der Waals surface area contributed by atoms with Crippen LogP contribution >= 0.6 is 0 Å². The molecule has 0 fully saturated rings. The van der Waals surface area contributed by atoms with Gasteiger partial charge in [-0.2, -0.15) is 0 Å². The second kappa shape index (κ2) is 6.59. The molecule has 0 saturated carbocycles. The molecule has 0 radical (unpaired) electrons.